The summed E-state index contributed by atoms with van der Waals surface area (Å²) in [5.74, 6) is -0.785. The second kappa shape index (κ2) is 9.23. The third-order valence-electron chi connectivity index (χ3n) is 2.68. The van der Waals surface area contributed by atoms with Crippen molar-refractivity contribution in [3.8, 4) is 5.75 Å². The molecule has 0 saturated carbocycles. The maximum Gasteiger partial charge on any atom is 0.313 e. The highest BCUT2D eigenvalue weighted by atomic mass is 32.2. The lowest BCUT2D eigenvalue weighted by atomic mass is 10.1. The third-order valence-corrected chi connectivity index (χ3v) is 3.62. The maximum absolute atomic E-state index is 13.8. The number of nitrogens with one attached hydrogen (secondary N) is 1. The predicted octanol–water partition coefficient (Wildman–Crippen LogP) is 1.70. The van der Waals surface area contributed by atoms with E-state index in [0.29, 0.717) is 17.9 Å². The first-order valence-electron chi connectivity index (χ1n) is 6.42. The zero-order valence-corrected chi connectivity index (χ0v) is 12.5. The van der Waals surface area contributed by atoms with Crippen molar-refractivity contribution in [1.29, 1.82) is 0 Å². The van der Waals surface area contributed by atoms with Crippen molar-refractivity contribution >= 4 is 23.6 Å². The minimum Gasteiger partial charge on any atom is -0.494 e. The molecule has 0 aliphatic rings. The number of amides is 1. The van der Waals surface area contributed by atoms with E-state index in [4.69, 9.17) is 9.84 Å². The molecule has 0 fully saturated rings. The molecule has 21 heavy (non-hydrogen) atoms. The third kappa shape index (κ3) is 6.48. The number of carboxylic acid groups (broad SMARTS) is 1. The van der Waals surface area contributed by atoms with E-state index in [0.717, 1.165) is 0 Å². The number of halogens is 1. The second-order valence-electron chi connectivity index (χ2n) is 4.23. The fourth-order valence-electron chi connectivity index (χ4n) is 1.67. The molecule has 0 spiro atoms. The number of methoxy groups -OCH3 is 1. The molecule has 116 valence electrons. The molecule has 0 heterocycles. The van der Waals surface area contributed by atoms with E-state index in [-0.39, 0.29) is 30.3 Å². The quantitative estimate of drug-likeness (QED) is 0.678. The van der Waals surface area contributed by atoms with Crippen LogP contribution < -0.4 is 10.1 Å². The molecule has 0 unspecified atom stereocenters. The lowest BCUT2D eigenvalue weighted by Crippen LogP contribution is -2.26. The Labute approximate surface area is 126 Å². The van der Waals surface area contributed by atoms with Gasteiger partial charge >= 0.3 is 5.97 Å². The SMILES string of the molecule is COc1cccc(CCC(=O)NCCSCC(=O)O)c1F. The number of carboxylic acids is 1. The fraction of sp³-hybridized carbons (Fsp3) is 0.429. The summed E-state index contributed by atoms with van der Waals surface area (Å²) in [6, 6.07) is 4.82. The summed E-state index contributed by atoms with van der Waals surface area (Å²) >= 11 is 1.23. The summed E-state index contributed by atoms with van der Waals surface area (Å²) in [5, 5.41) is 11.1. The summed E-state index contributed by atoms with van der Waals surface area (Å²) in [6.45, 7) is 0.400. The first-order chi connectivity index (χ1) is 10.0. The number of carbonyl (C=O) groups excluding carboxylic acids is 1. The van der Waals surface area contributed by atoms with Gasteiger partial charge in [0.15, 0.2) is 11.6 Å². The van der Waals surface area contributed by atoms with Crippen molar-refractivity contribution < 1.29 is 23.8 Å². The standard InChI is InChI=1S/C14H18FNO4S/c1-20-11-4-2-3-10(14(11)15)5-6-12(17)16-7-8-21-9-13(18)19/h2-4H,5-9H2,1H3,(H,16,17)(H,18,19). The molecule has 1 aromatic rings. The summed E-state index contributed by atoms with van der Waals surface area (Å²) in [5.41, 5.74) is 0.435. The Kier molecular flexibility index (Phi) is 7.60. The monoisotopic (exact) mass is 315 g/mol. The van der Waals surface area contributed by atoms with E-state index < -0.39 is 11.8 Å². The van der Waals surface area contributed by atoms with Gasteiger partial charge < -0.3 is 15.2 Å². The molecule has 1 aromatic carbocycles. The zero-order chi connectivity index (χ0) is 15.7. The molecule has 0 aliphatic heterocycles. The van der Waals surface area contributed by atoms with Crippen molar-refractivity contribution in [2.45, 2.75) is 12.8 Å². The number of aryl methyl sites for hydroxylation is 1. The summed E-state index contributed by atoms with van der Waals surface area (Å²) in [4.78, 5) is 21.9. The van der Waals surface area contributed by atoms with Crippen molar-refractivity contribution in [2.24, 2.45) is 0 Å². The van der Waals surface area contributed by atoms with Crippen LogP contribution in [0, 0.1) is 5.82 Å². The molecule has 0 aliphatic carbocycles. The number of aliphatic carboxylic acids is 1. The first kappa shape index (κ1) is 17.3. The minimum absolute atomic E-state index is 0.0187. The minimum atomic E-state index is -0.875. The van der Waals surface area contributed by atoms with Gasteiger partial charge in [0.25, 0.3) is 0 Å². The van der Waals surface area contributed by atoms with Gasteiger partial charge in [0.1, 0.15) is 0 Å². The molecule has 2 N–H and O–H groups in total. The number of hydrogen-bond acceptors (Lipinski definition) is 4. The van der Waals surface area contributed by atoms with Crippen LogP contribution in [0.15, 0.2) is 18.2 Å². The lowest BCUT2D eigenvalue weighted by molar-refractivity contribution is -0.133. The Morgan fingerprint density at radius 2 is 2.19 bits per heavy atom. The number of hydrogen-bond donors (Lipinski definition) is 2. The van der Waals surface area contributed by atoms with Crippen molar-refractivity contribution in [2.75, 3.05) is 25.2 Å². The number of ether oxygens (including phenoxy) is 1. The van der Waals surface area contributed by atoms with E-state index in [9.17, 15) is 14.0 Å². The molecular weight excluding hydrogens is 297 g/mol. The summed E-state index contributed by atoms with van der Waals surface area (Å²) in [6.07, 6.45) is 0.463. The topological polar surface area (TPSA) is 75.6 Å². The Bertz CT molecular complexity index is 496. The van der Waals surface area contributed by atoms with E-state index in [1.165, 1.54) is 24.9 Å². The van der Waals surface area contributed by atoms with Crippen LogP contribution >= 0.6 is 11.8 Å². The van der Waals surface area contributed by atoms with E-state index in [1.807, 2.05) is 0 Å². The molecular formula is C14H18FNO4S. The highest BCUT2D eigenvalue weighted by Crippen LogP contribution is 2.20. The number of benzene rings is 1. The van der Waals surface area contributed by atoms with Gasteiger partial charge in [-0.25, -0.2) is 4.39 Å². The van der Waals surface area contributed by atoms with Gasteiger partial charge in [0.05, 0.1) is 12.9 Å². The highest BCUT2D eigenvalue weighted by molar-refractivity contribution is 7.99. The van der Waals surface area contributed by atoms with Crippen LogP contribution in [-0.2, 0) is 16.0 Å². The molecule has 0 aromatic heterocycles. The average Bonchev–Trinajstić information content (AvgIpc) is 2.45. The van der Waals surface area contributed by atoms with Gasteiger partial charge in [-0.1, -0.05) is 12.1 Å². The first-order valence-corrected chi connectivity index (χ1v) is 7.57. The normalized spacial score (nSPS) is 10.2. The Morgan fingerprint density at radius 3 is 2.86 bits per heavy atom. The molecule has 1 amide bonds. The number of carbonyl (C=O) groups is 2. The Balaban J connectivity index is 2.28. The molecule has 5 nitrogen and oxygen atoms in total. The zero-order valence-electron chi connectivity index (χ0n) is 11.7. The van der Waals surface area contributed by atoms with Crippen LogP contribution in [0.2, 0.25) is 0 Å². The van der Waals surface area contributed by atoms with Crippen LogP contribution in [0.1, 0.15) is 12.0 Å². The Morgan fingerprint density at radius 1 is 1.43 bits per heavy atom. The van der Waals surface area contributed by atoms with Gasteiger partial charge in [-0.3, -0.25) is 9.59 Å². The molecule has 0 bridgehead atoms. The van der Waals surface area contributed by atoms with Crippen molar-refractivity contribution in [3.05, 3.63) is 29.6 Å². The largest absolute Gasteiger partial charge is 0.494 e. The highest BCUT2D eigenvalue weighted by Gasteiger charge is 2.10. The van der Waals surface area contributed by atoms with Crippen LogP contribution in [0.4, 0.5) is 4.39 Å². The van der Waals surface area contributed by atoms with Gasteiger partial charge in [-0.05, 0) is 18.1 Å². The molecule has 7 heteroatoms. The predicted molar refractivity (Wildman–Crippen MR) is 79.2 cm³/mol. The van der Waals surface area contributed by atoms with E-state index >= 15 is 0 Å². The van der Waals surface area contributed by atoms with Crippen LogP contribution in [0.3, 0.4) is 0 Å². The van der Waals surface area contributed by atoms with E-state index in [2.05, 4.69) is 5.32 Å². The summed E-state index contributed by atoms with van der Waals surface area (Å²) in [7, 11) is 1.39. The van der Waals surface area contributed by atoms with Crippen molar-refractivity contribution in [1.82, 2.24) is 5.32 Å². The fourth-order valence-corrected chi connectivity index (χ4v) is 2.23. The van der Waals surface area contributed by atoms with Crippen molar-refractivity contribution in [3.63, 3.8) is 0 Å². The van der Waals surface area contributed by atoms with Crippen LogP contribution in [0.25, 0.3) is 0 Å². The van der Waals surface area contributed by atoms with Gasteiger partial charge in [-0.2, -0.15) is 0 Å². The molecule has 0 saturated heterocycles. The Hall–Kier alpha value is -1.76. The lowest BCUT2D eigenvalue weighted by Gasteiger charge is -2.08. The van der Waals surface area contributed by atoms with Gasteiger partial charge in [-0.15, -0.1) is 11.8 Å². The van der Waals surface area contributed by atoms with E-state index in [1.54, 1.807) is 12.1 Å². The molecule has 0 radical (unpaired) electrons. The number of rotatable bonds is 9. The van der Waals surface area contributed by atoms with Gasteiger partial charge in [0.2, 0.25) is 5.91 Å². The van der Waals surface area contributed by atoms with Crippen LogP contribution in [0.5, 0.6) is 5.75 Å². The smallest absolute Gasteiger partial charge is 0.313 e. The maximum atomic E-state index is 13.8. The van der Waals surface area contributed by atoms with Gasteiger partial charge in [0, 0.05) is 18.7 Å². The molecule has 0 atom stereocenters. The molecule has 1 rings (SSSR count). The second-order valence-corrected chi connectivity index (χ2v) is 5.33. The van der Waals surface area contributed by atoms with Crippen LogP contribution in [-0.4, -0.2) is 42.1 Å². The average molecular weight is 315 g/mol. The summed E-state index contributed by atoms with van der Waals surface area (Å²) < 4.78 is 18.7. The number of thioether (sulfide) groups is 1.